The van der Waals surface area contributed by atoms with Crippen LogP contribution in [0.2, 0.25) is 0 Å². The van der Waals surface area contributed by atoms with Gasteiger partial charge in [-0.1, -0.05) is 0 Å². The first-order valence-corrected chi connectivity index (χ1v) is 7.10. The lowest BCUT2D eigenvalue weighted by Gasteiger charge is -2.30. The van der Waals surface area contributed by atoms with Gasteiger partial charge in [0.25, 0.3) is 0 Å². The molecule has 0 spiro atoms. The predicted octanol–water partition coefficient (Wildman–Crippen LogP) is 2.70. The smallest absolute Gasteiger partial charge is 0.0509 e. The number of aryl methyl sites for hydroxylation is 1. The van der Waals surface area contributed by atoms with Gasteiger partial charge in [0.1, 0.15) is 0 Å². The molecule has 2 atom stereocenters. The monoisotopic (exact) mass is 239 g/mol. The maximum atomic E-state index is 5.56. The van der Waals surface area contributed by atoms with Gasteiger partial charge in [-0.15, -0.1) is 0 Å². The van der Waals surface area contributed by atoms with Crippen molar-refractivity contribution in [2.24, 2.45) is 5.92 Å². The van der Waals surface area contributed by atoms with Crippen LogP contribution >= 0.6 is 11.3 Å². The van der Waals surface area contributed by atoms with E-state index in [2.05, 4.69) is 29.2 Å². The molecule has 1 aromatic rings. The Morgan fingerprint density at radius 1 is 1.62 bits per heavy atom. The lowest BCUT2D eigenvalue weighted by molar-refractivity contribution is 0.0392. The van der Waals surface area contributed by atoms with Crippen LogP contribution in [0.4, 0.5) is 0 Å². The summed E-state index contributed by atoms with van der Waals surface area (Å²) in [6.07, 6.45) is 4.95. The Morgan fingerprint density at radius 3 is 3.19 bits per heavy atom. The Bertz CT molecular complexity index is 280. The second kappa shape index (κ2) is 6.38. The Hall–Kier alpha value is -0.380. The van der Waals surface area contributed by atoms with E-state index in [1.165, 1.54) is 31.2 Å². The largest absolute Gasteiger partial charge is 0.381 e. The van der Waals surface area contributed by atoms with Crippen molar-refractivity contribution in [3.8, 4) is 0 Å². The average molecular weight is 239 g/mol. The van der Waals surface area contributed by atoms with Gasteiger partial charge in [0, 0.05) is 12.6 Å². The third-order valence-electron chi connectivity index (χ3n) is 3.46. The summed E-state index contributed by atoms with van der Waals surface area (Å²) in [5.74, 6) is 0.706. The molecule has 2 heterocycles. The molecule has 16 heavy (non-hydrogen) atoms. The van der Waals surface area contributed by atoms with Gasteiger partial charge in [-0.3, -0.25) is 0 Å². The minimum atomic E-state index is 0.611. The van der Waals surface area contributed by atoms with E-state index in [1.807, 2.05) is 0 Å². The van der Waals surface area contributed by atoms with Gasteiger partial charge in [-0.25, -0.2) is 0 Å². The number of nitrogens with one attached hydrogen (secondary N) is 1. The number of thiophene rings is 1. The number of hydrogen-bond donors (Lipinski definition) is 1. The minimum absolute atomic E-state index is 0.611. The first kappa shape index (κ1) is 12.1. The highest BCUT2D eigenvalue weighted by Gasteiger charge is 2.22. The average Bonchev–Trinajstić information content (AvgIpc) is 2.84. The first-order chi connectivity index (χ1) is 7.90. The third-order valence-corrected chi connectivity index (χ3v) is 4.19. The molecule has 0 aliphatic carbocycles. The highest BCUT2D eigenvalue weighted by Crippen LogP contribution is 2.21. The van der Waals surface area contributed by atoms with Gasteiger partial charge in [0.05, 0.1) is 6.61 Å². The van der Waals surface area contributed by atoms with Crippen LogP contribution < -0.4 is 5.32 Å². The lowest BCUT2D eigenvalue weighted by Crippen LogP contribution is -2.38. The molecule has 0 radical (unpaired) electrons. The van der Waals surface area contributed by atoms with Crippen molar-refractivity contribution in [3.63, 3.8) is 0 Å². The van der Waals surface area contributed by atoms with E-state index in [-0.39, 0.29) is 0 Å². The van der Waals surface area contributed by atoms with Gasteiger partial charge in [-0.2, -0.15) is 11.3 Å². The molecular formula is C13H21NOS. The van der Waals surface area contributed by atoms with Crippen molar-refractivity contribution in [1.29, 1.82) is 0 Å². The van der Waals surface area contributed by atoms with Crippen molar-refractivity contribution in [3.05, 3.63) is 22.4 Å². The van der Waals surface area contributed by atoms with E-state index in [4.69, 9.17) is 4.74 Å². The maximum Gasteiger partial charge on any atom is 0.0509 e. The van der Waals surface area contributed by atoms with Gasteiger partial charge < -0.3 is 10.1 Å². The van der Waals surface area contributed by atoms with Crippen LogP contribution in [0.25, 0.3) is 0 Å². The van der Waals surface area contributed by atoms with Crippen molar-refractivity contribution in [2.45, 2.75) is 31.7 Å². The molecule has 0 amide bonds. The van der Waals surface area contributed by atoms with Crippen molar-refractivity contribution in [2.75, 3.05) is 20.3 Å². The lowest BCUT2D eigenvalue weighted by atomic mass is 9.90. The second-order valence-electron chi connectivity index (χ2n) is 4.54. The summed E-state index contributed by atoms with van der Waals surface area (Å²) >= 11 is 1.79. The molecular weight excluding hydrogens is 218 g/mol. The van der Waals surface area contributed by atoms with E-state index in [0.29, 0.717) is 12.0 Å². The summed E-state index contributed by atoms with van der Waals surface area (Å²) < 4.78 is 5.56. The molecule has 0 aromatic carbocycles. The number of rotatable bonds is 5. The normalized spacial score (nSPS) is 23.2. The quantitative estimate of drug-likeness (QED) is 0.853. The van der Waals surface area contributed by atoms with Gasteiger partial charge in [-0.05, 0) is 61.0 Å². The van der Waals surface area contributed by atoms with Crippen LogP contribution in [-0.2, 0) is 11.2 Å². The zero-order valence-corrected chi connectivity index (χ0v) is 10.8. The van der Waals surface area contributed by atoms with Gasteiger partial charge in [0.2, 0.25) is 0 Å². The molecule has 2 unspecified atom stereocenters. The number of ether oxygens (including phenoxy) is 1. The molecule has 1 aliphatic heterocycles. The summed E-state index contributed by atoms with van der Waals surface area (Å²) in [5, 5.41) is 7.87. The van der Waals surface area contributed by atoms with E-state index in [0.717, 1.165) is 13.2 Å². The van der Waals surface area contributed by atoms with Crippen LogP contribution in [0.3, 0.4) is 0 Å². The highest BCUT2D eigenvalue weighted by atomic mass is 32.1. The van der Waals surface area contributed by atoms with E-state index in [9.17, 15) is 0 Å². The minimum Gasteiger partial charge on any atom is -0.381 e. The van der Waals surface area contributed by atoms with E-state index in [1.54, 1.807) is 11.3 Å². The Morgan fingerprint density at radius 2 is 2.56 bits per heavy atom. The summed E-state index contributed by atoms with van der Waals surface area (Å²) in [4.78, 5) is 0. The first-order valence-electron chi connectivity index (χ1n) is 6.16. The third kappa shape index (κ3) is 3.30. The SMILES string of the molecule is CNC(CCc1ccsc1)C1CCCOC1. The summed E-state index contributed by atoms with van der Waals surface area (Å²) in [6.45, 7) is 1.90. The molecule has 2 rings (SSSR count). The van der Waals surface area contributed by atoms with Crippen molar-refractivity contribution >= 4 is 11.3 Å². The molecule has 0 bridgehead atoms. The molecule has 1 aromatic heterocycles. The van der Waals surface area contributed by atoms with E-state index < -0.39 is 0 Å². The fraction of sp³-hybridized carbons (Fsp3) is 0.692. The van der Waals surface area contributed by atoms with Crippen molar-refractivity contribution < 1.29 is 4.74 Å². The maximum absolute atomic E-state index is 5.56. The van der Waals surface area contributed by atoms with Crippen LogP contribution in [-0.4, -0.2) is 26.3 Å². The number of hydrogen-bond acceptors (Lipinski definition) is 3. The fourth-order valence-corrected chi connectivity index (χ4v) is 3.16. The van der Waals surface area contributed by atoms with Crippen LogP contribution in [0.1, 0.15) is 24.8 Å². The van der Waals surface area contributed by atoms with Crippen LogP contribution in [0.15, 0.2) is 16.8 Å². The molecule has 1 N–H and O–H groups in total. The molecule has 0 saturated carbocycles. The van der Waals surface area contributed by atoms with Gasteiger partial charge in [0.15, 0.2) is 0 Å². The Balaban J connectivity index is 1.80. The highest BCUT2D eigenvalue weighted by molar-refractivity contribution is 7.07. The van der Waals surface area contributed by atoms with Crippen molar-refractivity contribution in [1.82, 2.24) is 5.32 Å². The summed E-state index contributed by atoms with van der Waals surface area (Å²) in [6, 6.07) is 2.84. The molecule has 1 aliphatic rings. The topological polar surface area (TPSA) is 21.3 Å². The molecule has 1 fully saturated rings. The zero-order chi connectivity index (χ0) is 11.2. The molecule has 3 heteroatoms. The molecule has 2 nitrogen and oxygen atoms in total. The summed E-state index contributed by atoms with van der Waals surface area (Å²) in [5.41, 5.74) is 1.47. The second-order valence-corrected chi connectivity index (χ2v) is 5.32. The zero-order valence-electron chi connectivity index (χ0n) is 9.95. The predicted molar refractivity (Wildman–Crippen MR) is 69.0 cm³/mol. The standard InChI is InChI=1S/C13H21NOS/c1-14-13(12-3-2-7-15-9-12)5-4-11-6-8-16-10-11/h6,8,10,12-14H,2-5,7,9H2,1H3. The van der Waals surface area contributed by atoms with Crippen LogP contribution in [0, 0.1) is 5.92 Å². The molecule has 90 valence electrons. The fourth-order valence-electron chi connectivity index (χ4n) is 2.46. The Kier molecular flexibility index (Phi) is 4.82. The summed E-state index contributed by atoms with van der Waals surface area (Å²) in [7, 11) is 2.08. The van der Waals surface area contributed by atoms with Gasteiger partial charge >= 0.3 is 0 Å². The molecule has 1 saturated heterocycles. The van der Waals surface area contributed by atoms with Crippen LogP contribution in [0.5, 0.6) is 0 Å². The van der Waals surface area contributed by atoms with E-state index >= 15 is 0 Å². The Labute approximate surface area is 102 Å².